The van der Waals surface area contributed by atoms with Crippen LogP contribution in [0.4, 0.5) is 13.2 Å². The summed E-state index contributed by atoms with van der Waals surface area (Å²) in [6, 6.07) is 10.2. The second-order valence-electron chi connectivity index (χ2n) is 10.2. The second kappa shape index (κ2) is 12.9. The van der Waals surface area contributed by atoms with Crippen LogP contribution in [0.25, 0.3) is 10.8 Å². The van der Waals surface area contributed by atoms with Gasteiger partial charge in [-0.1, -0.05) is 48.0 Å². The summed E-state index contributed by atoms with van der Waals surface area (Å²) in [4.78, 5) is 37.1. The van der Waals surface area contributed by atoms with Crippen LogP contribution in [0, 0.1) is 0 Å². The molecule has 0 bridgehead atoms. The number of benzene rings is 2. The number of rotatable bonds is 11. The van der Waals surface area contributed by atoms with Crippen molar-refractivity contribution in [3.05, 3.63) is 53.7 Å². The number of ether oxygens (including phenoxy) is 2. The fourth-order valence-corrected chi connectivity index (χ4v) is 6.18. The Labute approximate surface area is 249 Å². The number of nitrogens with zero attached hydrogens (tertiary/aromatic N) is 1. The number of fused-ring (bicyclic) bond motifs is 1. The van der Waals surface area contributed by atoms with Crippen molar-refractivity contribution in [2.75, 3.05) is 6.61 Å². The maximum Gasteiger partial charge on any atom is 0.459 e. The van der Waals surface area contributed by atoms with Crippen LogP contribution in [0.5, 0.6) is 5.75 Å². The van der Waals surface area contributed by atoms with Crippen molar-refractivity contribution in [2.24, 2.45) is 0 Å². The third-order valence-electron chi connectivity index (χ3n) is 6.66. The van der Waals surface area contributed by atoms with E-state index in [-0.39, 0.29) is 5.75 Å². The summed E-state index contributed by atoms with van der Waals surface area (Å²) >= 11 is 5.77. The first-order valence-corrected chi connectivity index (χ1v) is 15.0. The quantitative estimate of drug-likeness (QED) is 0.207. The molecule has 2 aromatic rings. The van der Waals surface area contributed by atoms with Gasteiger partial charge in [0.1, 0.15) is 22.9 Å². The molecule has 2 aromatic carbocycles. The molecule has 16 heteroatoms. The van der Waals surface area contributed by atoms with Crippen LogP contribution in [0.3, 0.4) is 0 Å². The molecule has 234 valence electrons. The number of carbonyl (C=O) groups is 3. The number of hydrogen-bond donors (Lipinski definition) is 2. The molecule has 4 rings (SSSR count). The summed E-state index contributed by atoms with van der Waals surface area (Å²) in [5, 5.41) is 13.6. The van der Waals surface area contributed by atoms with Gasteiger partial charge in [-0.25, -0.2) is 17.7 Å². The Morgan fingerprint density at radius 2 is 1.88 bits per heavy atom. The van der Waals surface area contributed by atoms with Crippen LogP contribution in [-0.4, -0.2) is 76.9 Å². The highest BCUT2D eigenvalue weighted by molar-refractivity contribution is 7.52. The minimum atomic E-state index is -4.82. The van der Waals surface area contributed by atoms with Crippen LogP contribution in [0.15, 0.2) is 53.7 Å². The first-order chi connectivity index (χ1) is 20.2. The van der Waals surface area contributed by atoms with Crippen molar-refractivity contribution in [2.45, 2.75) is 69.9 Å². The van der Waals surface area contributed by atoms with E-state index < -0.39 is 86.1 Å². The Morgan fingerprint density at radius 1 is 1.21 bits per heavy atom. The van der Waals surface area contributed by atoms with Gasteiger partial charge < -0.3 is 19.1 Å². The van der Waals surface area contributed by atoms with Gasteiger partial charge in [-0.05, 0) is 32.2 Å². The maximum absolute atomic E-state index is 15.3. The number of halogens is 4. The molecule has 2 aliphatic heterocycles. The van der Waals surface area contributed by atoms with E-state index in [1.54, 1.807) is 50.2 Å². The number of hydrogen-bond acceptors (Lipinski definition) is 9. The molecule has 43 heavy (non-hydrogen) atoms. The first-order valence-electron chi connectivity index (χ1n) is 13.1. The molecule has 1 saturated heterocycles. The molecule has 1 unspecified atom stereocenters. The molecule has 0 aliphatic carbocycles. The summed E-state index contributed by atoms with van der Waals surface area (Å²) < 4.78 is 80.0. The van der Waals surface area contributed by atoms with Gasteiger partial charge >= 0.3 is 13.7 Å². The second-order valence-corrected chi connectivity index (χ2v) is 12.3. The predicted molar refractivity (Wildman–Crippen MR) is 147 cm³/mol. The highest BCUT2D eigenvalue weighted by Crippen LogP contribution is 2.50. The number of aliphatic hydroxyl groups is 1. The van der Waals surface area contributed by atoms with Gasteiger partial charge in [0.2, 0.25) is 5.91 Å². The fourth-order valence-electron chi connectivity index (χ4n) is 4.46. The average molecular weight is 649 g/mol. The summed E-state index contributed by atoms with van der Waals surface area (Å²) in [6.07, 6.45) is -11.6. The normalized spacial score (nSPS) is 26.5. The van der Waals surface area contributed by atoms with Crippen LogP contribution in [0.2, 0.25) is 0 Å². The topological polar surface area (TPSA) is 141 Å². The monoisotopic (exact) mass is 648 g/mol. The first kappa shape index (κ1) is 32.9. The van der Waals surface area contributed by atoms with Crippen molar-refractivity contribution in [1.82, 2.24) is 9.99 Å². The van der Waals surface area contributed by atoms with Gasteiger partial charge in [-0.2, -0.15) is 5.09 Å². The highest BCUT2D eigenvalue weighted by atomic mass is 35.5. The highest BCUT2D eigenvalue weighted by Gasteiger charge is 2.63. The lowest BCUT2D eigenvalue weighted by atomic mass is 9.97. The molecule has 2 N–H and O–H groups in total. The third kappa shape index (κ3) is 6.89. The van der Waals surface area contributed by atoms with Gasteiger partial charge in [0.05, 0.1) is 19.1 Å². The lowest BCUT2D eigenvalue weighted by molar-refractivity contribution is -0.199. The molecule has 6 atom stereocenters. The van der Waals surface area contributed by atoms with Gasteiger partial charge in [0.25, 0.3) is 6.43 Å². The summed E-state index contributed by atoms with van der Waals surface area (Å²) in [5.41, 5.74) is -3.17. The van der Waals surface area contributed by atoms with Crippen LogP contribution < -0.4 is 9.61 Å². The number of carbonyl (C=O) groups excluding carboxylic acids is 3. The zero-order valence-electron chi connectivity index (χ0n) is 23.1. The number of ketones is 1. The Morgan fingerprint density at radius 3 is 2.56 bits per heavy atom. The molecule has 0 saturated carbocycles. The van der Waals surface area contributed by atoms with E-state index in [0.717, 1.165) is 6.20 Å². The number of esters is 1. The van der Waals surface area contributed by atoms with Crippen molar-refractivity contribution in [1.29, 1.82) is 0 Å². The molecule has 0 radical (unpaired) electrons. The van der Waals surface area contributed by atoms with Gasteiger partial charge in [0.15, 0.2) is 23.8 Å². The Kier molecular flexibility index (Phi) is 9.89. The van der Waals surface area contributed by atoms with Crippen molar-refractivity contribution in [3.63, 3.8) is 0 Å². The van der Waals surface area contributed by atoms with E-state index in [2.05, 4.69) is 5.09 Å². The number of aliphatic hydroxyl groups excluding tert-OH is 1. The van der Waals surface area contributed by atoms with Crippen LogP contribution in [0.1, 0.15) is 27.2 Å². The average Bonchev–Trinajstić information content (AvgIpc) is 3.20. The van der Waals surface area contributed by atoms with E-state index >= 15 is 4.39 Å². The third-order valence-corrected chi connectivity index (χ3v) is 8.58. The summed E-state index contributed by atoms with van der Waals surface area (Å²) in [5.74, 6) is -2.67. The zero-order valence-corrected chi connectivity index (χ0v) is 24.8. The number of nitrogens with one attached hydrogen (secondary N) is 1. The number of Topliss-reactive ketones (excluding diaryl/α,β-unsaturated/α-hetero) is 1. The predicted octanol–water partition coefficient (Wildman–Crippen LogP) is 4.21. The minimum Gasteiger partial charge on any atom is -0.462 e. The molecule has 2 aliphatic rings. The van der Waals surface area contributed by atoms with E-state index in [1.807, 2.05) is 0 Å². The van der Waals surface area contributed by atoms with Crippen LogP contribution >= 0.6 is 19.3 Å². The van der Waals surface area contributed by atoms with Gasteiger partial charge in [0, 0.05) is 11.6 Å². The zero-order chi connectivity index (χ0) is 31.7. The van der Waals surface area contributed by atoms with Crippen LogP contribution in [-0.2, 0) is 32.9 Å². The fraction of sp³-hybridized carbons (Fsp3) is 0.444. The summed E-state index contributed by atoms with van der Waals surface area (Å²) in [6.45, 7) is 2.99. The molecular weight excluding hydrogens is 620 g/mol. The SMILES string of the molecule is CC(C)OC(=O)[C@H](C)NP(=O)(OC[C@@]1(C(F)F)O[C@@H](N2C=C(Cl)C(=O)CC2=O)[C@H](F)[C@@H]1O)Oc1cccc2ccccc12. The molecule has 2 heterocycles. The lowest BCUT2D eigenvalue weighted by Gasteiger charge is -2.34. The van der Waals surface area contributed by atoms with E-state index in [0.29, 0.717) is 15.7 Å². The molecule has 1 fully saturated rings. The summed E-state index contributed by atoms with van der Waals surface area (Å²) in [7, 11) is -4.82. The van der Waals surface area contributed by atoms with Crippen molar-refractivity contribution >= 4 is 47.8 Å². The Bertz CT molecular complexity index is 1470. The molecule has 1 amide bonds. The number of amides is 1. The smallest absolute Gasteiger partial charge is 0.459 e. The standard InChI is InChI=1S/C27H29ClF3N2O9P/c1-14(2)40-25(37)15(3)32-43(38,42-20-10-6-8-16-7-4-5-9-17(16)20)39-13-27(26(30)31)23(36)22(29)24(41-27)33-12-18(28)19(34)11-21(33)35/h4-10,12,14-15,22-24,26,36H,11,13H2,1-3H3,(H,32,38)/t15-,22+,23-,24+,27+,43?/m0/s1. The van der Waals surface area contributed by atoms with Crippen molar-refractivity contribution in [3.8, 4) is 5.75 Å². The van der Waals surface area contributed by atoms with Crippen molar-refractivity contribution < 1.29 is 55.7 Å². The van der Waals surface area contributed by atoms with Gasteiger partial charge in [-0.15, -0.1) is 0 Å². The van der Waals surface area contributed by atoms with E-state index in [9.17, 15) is 32.8 Å². The molecule has 0 aromatic heterocycles. The lowest BCUT2D eigenvalue weighted by Crippen LogP contribution is -2.52. The molecule has 11 nitrogen and oxygen atoms in total. The minimum absolute atomic E-state index is 0.0121. The maximum atomic E-state index is 15.3. The van der Waals surface area contributed by atoms with E-state index in [1.165, 1.54) is 13.0 Å². The molecular formula is C27H29ClF3N2O9P. The Balaban J connectivity index is 1.66. The van der Waals surface area contributed by atoms with Gasteiger partial charge in [-0.3, -0.25) is 23.8 Å². The number of alkyl halides is 3. The van der Waals surface area contributed by atoms with E-state index in [4.69, 9.17) is 30.1 Å². The Hall–Kier alpha value is -3.00. The molecule has 0 spiro atoms. The number of allylic oxidation sites excluding steroid dienone is 1. The largest absolute Gasteiger partial charge is 0.462 e.